The van der Waals surface area contributed by atoms with Gasteiger partial charge in [-0.25, -0.2) is 32.8 Å². The third kappa shape index (κ3) is 3.82. The molecule has 0 radical (unpaired) electrons. The van der Waals surface area contributed by atoms with E-state index in [2.05, 4.69) is 38.5 Å². The molecule has 36 heavy (non-hydrogen) atoms. The van der Waals surface area contributed by atoms with E-state index >= 15 is 0 Å². The Kier molecular flexibility index (Phi) is 5.83. The van der Waals surface area contributed by atoms with Crippen molar-refractivity contribution in [3.63, 3.8) is 0 Å². The molecule has 1 unspecified atom stereocenters. The van der Waals surface area contributed by atoms with Crippen molar-refractivity contribution in [1.29, 1.82) is 0 Å². The topological polar surface area (TPSA) is 108 Å². The average Bonchev–Trinajstić information content (AvgIpc) is 3.57. The molecule has 3 aromatic heterocycles. The number of imidazole rings is 1. The number of halogens is 3. The van der Waals surface area contributed by atoms with Crippen LogP contribution in [0.5, 0.6) is 0 Å². The van der Waals surface area contributed by atoms with Gasteiger partial charge in [0.2, 0.25) is 5.91 Å². The number of hydrogen-bond acceptors (Lipinski definition) is 6. The summed E-state index contributed by atoms with van der Waals surface area (Å²) in [6.07, 6.45) is 1.08. The minimum atomic E-state index is -2.74. The molecule has 4 heterocycles. The zero-order chi connectivity index (χ0) is 25.6. The number of anilines is 1. The van der Waals surface area contributed by atoms with E-state index in [0.717, 1.165) is 11.0 Å². The van der Waals surface area contributed by atoms with Crippen molar-refractivity contribution in [3.8, 4) is 11.8 Å². The molecule has 5 rings (SSSR count). The van der Waals surface area contributed by atoms with Crippen molar-refractivity contribution in [1.82, 2.24) is 34.2 Å². The number of alkyl halides is 2. The molecule has 2 N–H and O–H groups in total. The van der Waals surface area contributed by atoms with Gasteiger partial charge >= 0.3 is 0 Å². The Morgan fingerprint density at radius 1 is 1.31 bits per heavy atom. The van der Waals surface area contributed by atoms with E-state index < -0.39 is 30.2 Å². The molecule has 0 aliphatic carbocycles. The molecule has 1 amide bonds. The van der Waals surface area contributed by atoms with E-state index in [1.54, 1.807) is 12.4 Å². The number of benzene rings is 1. The fourth-order valence-corrected chi connectivity index (χ4v) is 4.52. The summed E-state index contributed by atoms with van der Waals surface area (Å²) in [7, 11) is 0. The Balaban J connectivity index is 1.57. The van der Waals surface area contributed by atoms with E-state index in [1.165, 1.54) is 17.1 Å². The highest BCUT2D eigenvalue weighted by Gasteiger charge is 2.41. The van der Waals surface area contributed by atoms with Crippen LogP contribution in [-0.2, 0) is 11.3 Å². The van der Waals surface area contributed by atoms with Crippen LogP contribution in [0.3, 0.4) is 0 Å². The number of aryl methyl sites for hydroxylation is 1. The SMILES string of the molecule is C=CC(=O)N1C[C@@H](n2nc(C#Cc3cc4ncn(CC)c4cc3F)c3c(N)ncnc32)CC1C(F)F. The first kappa shape index (κ1) is 23.3. The highest BCUT2D eigenvalue weighted by Crippen LogP contribution is 2.34. The Morgan fingerprint density at radius 3 is 2.83 bits per heavy atom. The van der Waals surface area contributed by atoms with Crippen molar-refractivity contribution in [3.05, 3.63) is 54.5 Å². The molecule has 0 bridgehead atoms. The lowest BCUT2D eigenvalue weighted by molar-refractivity contribution is -0.129. The summed E-state index contributed by atoms with van der Waals surface area (Å²) in [6, 6.07) is 1.02. The Morgan fingerprint density at radius 2 is 2.11 bits per heavy atom. The second-order valence-corrected chi connectivity index (χ2v) is 8.34. The third-order valence-electron chi connectivity index (χ3n) is 6.30. The summed E-state index contributed by atoms with van der Waals surface area (Å²) in [5.41, 5.74) is 7.90. The second kappa shape index (κ2) is 8.99. The molecule has 1 fully saturated rings. The molecule has 9 nitrogen and oxygen atoms in total. The van der Waals surface area contributed by atoms with Gasteiger partial charge in [0.1, 0.15) is 23.7 Å². The first-order valence-electron chi connectivity index (χ1n) is 11.2. The summed E-state index contributed by atoms with van der Waals surface area (Å²) in [5.74, 6) is 4.59. The van der Waals surface area contributed by atoms with Crippen LogP contribution in [0.2, 0.25) is 0 Å². The van der Waals surface area contributed by atoms with Gasteiger partial charge in [0, 0.05) is 19.2 Å². The zero-order valence-electron chi connectivity index (χ0n) is 19.2. The van der Waals surface area contributed by atoms with Gasteiger partial charge in [0.25, 0.3) is 6.43 Å². The summed E-state index contributed by atoms with van der Waals surface area (Å²) >= 11 is 0. The maximum atomic E-state index is 14.8. The highest BCUT2D eigenvalue weighted by molar-refractivity contribution is 5.91. The average molecular weight is 494 g/mol. The predicted molar refractivity (Wildman–Crippen MR) is 126 cm³/mol. The van der Waals surface area contributed by atoms with Gasteiger partial charge < -0.3 is 15.2 Å². The van der Waals surface area contributed by atoms with Gasteiger partial charge in [-0.15, -0.1) is 0 Å². The monoisotopic (exact) mass is 494 g/mol. The van der Waals surface area contributed by atoms with Crippen molar-refractivity contribution in [2.75, 3.05) is 12.3 Å². The van der Waals surface area contributed by atoms with E-state index in [4.69, 9.17) is 5.73 Å². The number of fused-ring (bicyclic) bond motifs is 2. The van der Waals surface area contributed by atoms with Crippen LogP contribution < -0.4 is 5.73 Å². The van der Waals surface area contributed by atoms with Gasteiger partial charge in [-0.05, 0) is 31.4 Å². The minimum absolute atomic E-state index is 0.0151. The molecular weight excluding hydrogens is 473 g/mol. The molecule has 4 aromatic rings. The number of nitrogen functional groups attached to an aromatic ring is 1. The largest absolute Gasteiger partial charge is 0.383 e. The Hall–Kier alpha value is -4.40. The summed E-state index contributed by atoms with van der Waals surface area (Å²) in [6.45, 7) is 5.96. The standard InChI is InChI=1S/C24H21F3N8O/c1-3-20(36)34-10-14(8-19(34)22(26)27)35-24-21(23(28)29-11-30-24)16(32-35)6-5-13-7-17-18(9-15(13)25)33(4-2)12-31-17/h3,7,9,11-12,14,19,22H,1,4,8,10H2,2H3,(H2,28,29,30)/t14-,19?/m0/s1. The summed E-state index contributed by atoms with van der Waals surface area (Å²) in [5, 5.41) is 4.80. The minimum Gasteiger partial charge on any atom is -0.383 e. The molecule has 1 aromatic carbocycles. The first-order chi connectivity index (χ1) is 17.3. The van der Waals surface area contributed by atoms with Gasteiger partial charge in [-0.3, -0.25) is 4.79 Å². The molecule has 1 aliphatic heterocycles. The molecule has 1 aliphatic rings. The number of nitrogens with two attached hydrogens (primary N) is 1. The molecular formula is C24H21F3N8O. The van der Waals surface area contributed by atoms with Crippen LogP contribution in [-0.4, -0.2) is 59.1 Å². The van der Waals surface area contributed by atoms with Gasteiger partial charge in [-0.2, -0.15) is 5.10 Å². The number of hydrogen-bond donors (Lipinski definition) is 1. The van der Waals surface area contributed by atoms with Crippen molar-refractivity contribution in [2.24, 2.45) is 0 Å². The molecule has 0 spiro atoms. The van der Waals surface area contributed by atoms with E-state index in [9.17, 15) is 18.0 Å². The number of carbonyl (C=O) groups is 1. The van der Waals surface area contributed by atoms with Crippen LogP contribution in [0.4, 0.5) is 19.0 Å². The van der Waals surface area contributed by atoms with Crippen LogP contribution in [0.1, 0.15) is 30.6 Å². The van der Waals surface area contributed by atoms with Gasteiger partial charge in [0.05, 0.1) is 40.4 Å². The zero-order valence-corrected chi connectivity index (χ0v) is 19.2. The van der Waals surface area contributed by atoms with Crippen LogP contribution >= 0.6 is 0 Å². The van der Waals surface area contributed by atoms with Crippen LogP contribution in [0.15, 0.2) is 37.4 Å². The lowest BCUT2D eigenvalue weighted by atomic mass is 10.1. The smallest absolute Gasteiger partial charge is 0.258 e. The van der Waals surface area contributed by atoms with E-state index in [-0.39, 0.29) is 35.7 Å². The molecule has 2 atom stereocenters. The normalized spacial score (nSPS) is 17.6. The predicted octanol–water partition coefficient (Wildman–Crippen LogP) is 2.91. The van der Waals surface area contributed by atoms with Crippen molar-refractivity contribution < 1.29 is 18.0 Å². The maximum Gasteiger partial charge on any atom is 0.258 e. The number of amides is 1. The van der Waals surface area contributed by atoms with Gasteiger partial charge in [0.15, 0.2) is 5.65 Å². The highest BCUT2D eigenvalue weighted by atomic mass is 19.3. The number of carbonyl (C=O) groups excluding carboxylic acids is 1. The van der Waals surface area contributed by atoms with Crippen LogP contribution in [0.25, 0.3) is 22.1 Å². The van der Waals surface area contributed by atoms with Gasteiger partial charge in [-0.1, -0.05) is 12.5 Å². The Labute approximate surface area is 203 Å². The quantitative estimate of drug-likeness (QED) is 0.345. The number of rotatable bonds is 4. The maximum absolute atomic E-state index is 14.8. The van der Waals surface area contributed by atoms with Crippen molar-refractivity contribution >= 4 is 33.8 Å². The van der Waals surface area contributed by atoms with E-state index in [1.807, 2.05) is 11.5 Å². The lowest BCUT2D eigenvalue weighted by Gasteiger charge is -2.21. The first-order valence-corrected chi connectivity index (χ1v) is 11.2. The molecule has 0 saturated carbocycles. The molecule has 184 valence electrons. The number of nitrogens with zero attached hydrogens (tertiary/aromatic N) is 7. The Bertz CT molecular complexity index is 1560. The molecule has 1 saturated heterocycles. The number of aromatic nitrogens is 6. The fraction of sp³-hybridized carbons (Fsp3) is 0.292. The van der Waals surface area contributed by atoms with Crippen molar-refractivity contribution in [2.45, 2.75) is 38.4 Å². The summed E-state index contributed by atoms with van der Waals surface area (Å²) < 4.78 is 45.4. The fourth-order valence-electron chi connectivity index (χ4n) is 4.52. The van der Waals surface area contributed by atoms with Crippen LogP contribution in [0, 0.1) is 17.7 Å². The summed E-state index contributed by atoms with van der Waals surface area (Å²) in [4.78, 5) is 25.8. The molecule has 12 heteroatoms. The third-order valence-corrected chi connectivity index (χ3v) is 6.30. The number of likely N-dealkylation sites (tertiary alicyclic amines) is 1. The second-order valence-electron chi connectivity index (χ2n) is 8.34. The lowest BCUT2D eigenvalue weighted by Crippen LogP contribution is -2.38. The van der Waals surface area contributed by atoms with E-state index in [0.29, 0.717) is 23.0 Å².